The average Bonchev–Trinajstić information content (AvgIpc) is 3.43. The topological polar surface area (TPSA) is 96.4 Å². The van der Waals surface area contributed by atoms with Crippen LogP contribution in [0.2, 0.25) is 0 Å². The van der Waals surface area contributed by atoms with Crippen molar-refractivity contribution in [1.29, 1.82) is 0 Å². The summed E-state index contributed by atoms with van der Waals surface area (Å²) in [5.74, 6) is -0.344. The molecule has 3 amide bonds. The number of aromatic nitrogens is 2. The van der Waals surface area contributed by atoms with E-state index in [1.165, 1.54) is 18.2 Å². The molecule has 1 unspecified atom stereocenters. The molecule has 32 heavy (non-hydrogen) atoms. The molecule has 0 saturated carbocycles. The van der Waals surface area contributed by atoms with Crippen LogP contribution in [0.3, 0.4) is 0 Å². The van der Waals surface area contributed by atoms with E-state index in [0.717, 1.165) is 29.7 Å². The first-order chi connectivity index (χ1) is 15.4. The van der Waals surface area contributed by atoms with E-state index in [2.05, 4.69) is 20.8 Å². The lowest BCUT2D eigenvalue weighted by atomic mass is 10.2. The van der Waals surface area contributed by atoms with Crippen LogP contribution in [0.25, 0.3) is 0 Å². The summed E-state index contributed by atoms with van der Waals surface area (Å²) in [7, 11) is 1.55. The van der Waals surface area contributed by atoms with Gasteiger partial charge in [-0.25, -0.2) is 9.18 Å². The monoisotopic (exact) mass is 455 g/mol. The molecule has 0 radical (unpaired) electrons. The molecule has 2 N–H and O–H groups in total. The van der Waals surface area contributed by atoms with E-state index in [1.807, 2.05) is 19.1 Å². The maximum absolute atomic E-state index is 13.3. The minimum atomic E-state index is -0.474. The second-order valence-electron chi connectivity index (χ2n) is 7.40. The van der Waals surface area contributed by atoms with E-state index in [1.54, 1.807) is 24.1 Å². The molecule has 1 aliphatic rings. The van der Waals surface area contributed by atoms with E-state index in [0.29, 0.717) is 28.7 Å². The quantitative estimate of drug-likeness (QED) is 0.585. The van der Waals surface area contributed by atoms with Crippen molar-refractivity contribution < 1.29 is 18.7 Å². The lowest BCUT2D eigenvalue weighted by Crippen LogP contribution is -2.34. The summed E-state index contributed by atoms with van der Waals surface area (Å²) in [5.41, 5.74) is 1.92. The predicted molar refractivity (Wildman–Crippen MR) is 120 cm³/mol. The highest BCUT2D eigenvalue weighted by Crippen LogP contribution is 2.35. The number of halogens is 1. The Morgan fingerprint density at radius 1 is 1.19 bits per heavy atom. The Morgan fingerprint density at radius 3 is 2.81 bits per heavy atom. The smallest absolute Gasteiger partial charge is 0.322 e. The molecular weight excluding hydrogens is 433 g/mol. The average molecular weight is 456 g/mol. The maximum Gasteiger partial charge on any atom is 0.322 e. The molecule has 1 atom stereocenters. The van der Waals surface area contributed by atoms with E-state index in [4.69, 9.17) is 4.74 Å². The number of hydrogen-bond acceptors (Lipinski definition) is 6. The number of anilines is 2. The number of hydrogen-bond donors (Lipinski definition) is 2. The highest BCUT2D eigenvalue weighted by Gasteiger charge is 2.33. The molecule has 1 fully saturated rings. The summed E-state index contributed by atoms with van der Waals surface area (Å²) in [6.07, 6.45) is 1.53. The first kappa shape index (κ1) is 21.7. The van der Waals surface area contributed by atoms with Crippen molar-refractivity contribution in [2.75, 3.05) is 24.3 Å². The van der Waals surface area contributed by atoms with E-state index < -0.39 is 11.7 Å². The molecule has 1 aliphatic heterocycles. The number of ether oxygens (including phenoxy) is 1. The number of rotatable bonds is 5. The second-order valence-corrected chi connectivity index (χ2v) is 8.40. The van der Waals surface area contributed by atoms with Gasteiger partial charge in [0, 0.05) is 12.2 Å². The number of methoxy groups -OCH3 is 1. The van der Waals surface area contributed by atoms with Gasteiger partial charge in [-0.15, -0.1) is 10.2 Å². The van der Waals surface area contributed by atoms with Gasteiger partial charge in [0.1, 0.15) is 16.6 Å². The first-order valence-corrected chi connectivity index (χ1v) is 10.9. The SMILES string of the molecule is COc1ccc(C)cc1NC(=O)N1CCCC1c1nnc(C(=O)Nc2cccc(F)c2)s1. The number of benzene rings is 2. The zero-order chi connectivity index (χ0) is 22.7. The molecule has 10 heteroatoms. The fourth-order valence-corrected chi connectivity index (χ4v) is 4.47. The Balaban J connectivity index is 1.47. The number of carbonyl (C=O) groups excluding carboxylic acids is 2. The molecule has 8 nitrogen and oxygen atoms in total. The Labute approximate surface area is 188 Å². The third kappa shape index (κ3) is 4.70. The van der Waals surface area contributed by atoms with Gasteiger partial charge < -0.3 is 20.3 Å². The number of aryl methyl sites for hydroxylation is 1. The van der Waals surface area contributed by atoms with Crippen LogP contribution in [0, 0.1) is 12.7 Å². The van der Waals surface area contributed by atoms with Crippen LogP contribution in [0.5, 0.6) is 5.75 Å². The summed E-state index contributed by atoms with van der Waals surface area (Å²) in [6.45, 7) is 2.50. The number of likely N-dealkylation sites (tertiary alicyclic amines) is 1. The number of nitrogens with zero attached hydrogens (tertiary/aromatic N) is 3. The molecule has 4 rings (SSSR count). The fraction of sp³-hybridized carbons (Fsp3) is 0.273. The normalized spacial score (nSPS) is 15.5. The van der Waals surface area contributed by atoms with Crippen molar-refractivity contribution in [1.82, 2.24) is 15.1 Å². The van der Waals surface area contributed by atoms with Crippen LogP contribution in [0.4, 0.5) is 20.6 Å². The fourth-order valence-electron chi connectivity index (χ4n) is 3.58. The lowest BCUT2D eigenvalue weighted by Gasteiger charge is -2.23. The van der Waals surface area contributed by atoms with Crippen molar-refractivity contribution >= 4 is 34.6 Å². The van der Waals surface area contributed by atoms with Crippen LogP contribution in [0.15, 0.2) is 42.5 Å². The highest BCUT2D eigenvalue weighted by atomic mass is 32.1. The predicted octanol–water partition coefficient (Wildman–Crippen LogP) is 4.62. The third-order valence-electron chi connectivity index (χ3n) is 5.11. The standard InChI is InChI=1S/C22H22FN5O3S/c1-13-8-9-18(31-2)16(11-13)25-22(30)28-10-4-7-17(28)20-26-27-21(32-20)19(29)24-15-6-3-5-14(23)12-15/h3,5-6,8-9,11-12,17H,4,7,10H2,1-2H3,(H,24,29)(H,25,30). The minimum Gasteiger partial charge on any atom is -0.495 e. The van der Waals surface area contributed by atoms with Crippen LogP contribution in [-0.4, -0.2) is 40.7 Å². The summed E-state index contributed by atoms with van der Waals surface area (Å²) >= 11 is 1.12. The number of amides is 3. The Morgan fingerprint density at radius 2 is 2.03 bits per heavy atom. The van der Waals surface area contributed by atoms with E-state index in [-0.39, 0.29) is 17.1 Å². The van der Waals surface area contributed by atoms with Crippen LogP contribution >= 0.6 is 11.3 Å². The van der Waals surface area contributed by atoms with Gasteiger partial charge in [0.15, 0.2) is 0 Å². The van der Waals surface area contributed by atoms with Crippen molar-refractivity contribution in [3.05, 3.63) is 63.9 Å². The van der Waals surface area contributed by atoms with E-state index in [9.17, 15) is 14.0 Å². The summed E-state index contributed by atoms with van der Waals surface area (Å²) in [4.78, 5) is 27.2. The van der Waals surface area contributed by atoms with Crippen LogP contribution in [-0.2, 0) is 0 Å². The molecule has 0 spiro atoms. The van der Waals surface area contributed by atoms with Crippen molar-refractivity contribution in [3.63, 3.8) is 0 Å². The van der Waals surface area contributed by atoms with Gasteiger partial charge in [0.2, 0.25) is 5.01 Å². The van der Waals surface area contributed by atoms with Crippen molar-refractivity contribution in [2.45, 2.75) is 25.8 Å². The maximum atomic E-state index is 13.3. The molecule has 1 saturated heterocycles. The summed E-state index contributed by atoms with van der Waals surface area (Å²) in [6, 6.07) is 10.6. The Hall–Kier alpha value is -3.53. The lowest BCUT2D eigenvalue weighted by molar-refractivity contribution is 0.102. The third-order valence-corrected chi connectivity index (χ3v) is 6.14. The van der Waals surface area contributed by atoms with Crippen LogP contribution in [0.1, 0.15) is 39.3 Å². The molecule has 2 heterocycles. The Kier molecular flexibility index (Phi) is 6.31. The van der Waals surface area contributed by atoms with Crippen molar-refractivity contribution in [2.24, 2.45) is 0 Å². The van der Waals surface area contributed by atoms with Gasteiger partial charge in [-0.05, 0) is 55.7 Å². The molecule has 166 valence electrons. The molecule has 0 aliphatic carbocycles. The minimum absolute atomic E-state index is 0.150. The van der Waals surface area contributed by atoms with Crippen molar-refractivity contribution in [3.8, 4) is 5.75 Å². The first-order valence-electron chi connectivity index (χ1n) is 10.1. The zero-order valence-corrected chi connectivity index (χ0v) is 18.4. The molecule has 0 bridgehead atoms. The summed E-state index contributed by atoms with van der Waals surface area (Å²) in [5, 5.41) is 14.4. The number of nitrogens with one attached hydrogen (secondary N) is 2. The van der Waals surface area contributed by atoms with Gasteiger partial charge in [0.05, 0.1) is 18.8 Å². The van der Waals surface area contributed by atoms with Gasteiger partial charge >= 0.3 is 6.03 Å². The summed E-state index contributed by atoms with van der Waals surface area (Å²) < 4.78 is 18.7. The van der Waals surface area contributed by atoms with Gasteiger partial charge in [0.25, 0.3) is 5.91 Å². The van der Waals surface area contributed by atoms with Gasteiger partial charge in [-0.2, -0.15) is 0 Å². The molecular formula is C22H22FN5O3S. The molecule has 3 aromatic rings. The highest BCUT2D eigenvalue weighted by molar-refractivity contribution is 7.13. The molecule has 2 aromatic carbocycles. The Bertz CT molecular complexity index is 1150. The number of carbonyl (C=O) groups is 2. The number of urea groups is 1. The molecule has 1 aromatic heterocycles. The largest absolute Gasteiger partial charge is 0.495 e. The van der Waals surface area contributed by atoms with Gasteiger partial charge in [-0.3, -0.25) is 4.79 Å². The van der Waals surface area contributed by atoms with Gasteiger partial charge in [-0.1, -0.05) is 23.5 Å². The van der Waals surface area contributed by atoms with Crippen LogP contribution < -0.4 is 15.4 Å². The van der Waals surface area contributed by atoms with E-state index >= 15 is 0 Å². The second kappa shape index (κ2) is 9.31. The zero-order valence-electron chi connectivity index (χ0n) is 17.6.